The molecule has 0 saturated carbocycles. The topological polar surface area (TPSA) is 25.2 Å². The van der Waals surface area contributed by atoms with Gasteiger partial charge in [0.15, 0.2) is 0 Å². The molecule has 17 heavy (non-hydrogen) atoms. The van der Waals surface area contributed by atoms with E-state index in [4.69, 9.17) is 4.42 Å². The molecular formula is C15H27NO. The number of unbranched alkanes of at least 4 members (excludes halogenated alkanes) is 4. The van der Waals surface area contributed by atoms with Gasteiger partial charge < -0.3 is 9.73 Å². The third-order valence-electron chi connectivity index (χ3n) is 3.32. The number of nitrogens with one attached hydrogen (secondary N) is 1. The van der Waals surface area contributed by atoms with Crippen molar-refractivity contribution in [3.05, 3.63) is 23.7 Å². The minimum absolute atomic E-state index is 0.473. The van der Waals surface area contributed by atoms with E-state index in [1.807, 2.05) is 0 Å². The molecule has 0 radical (unpaired) electrons. The summed E-state index contributed by atoms with van der Waals surface area (Å²) in [4.78, 5) is 0. The van der Waals surface area contributed by atoms with Gasteiger partial charge in [-0.25, -0.2) is 0 Å². The van der Waals surface area contributed by atoms with E-state index in [9.17, 15) is 0 Å². The molecule has 0 spiro atoms. The molecule has 1 rings (SSSR count). The number of furan rings is 1. The second-order valence-electron chi connectivity index (χ2n) is 4.75. The Morgan fingerprint density at radius 3 is 2.53 bits per heavy atom. The highest BCUT2D eigenvalue weighted by Gasteiger charge is 2.13. The zero-order valence-corrected chi connectivity index (χ0v) is 11.6. The highest BCUT2D eigenvalue weighted by Crippen LogP contribution is 2.24. The first kappa shape index (κ1) is 14.3. The molecule has 98 valence electrons. The molecule has 2 nitrogen and oxygen atoms in total. The van der Waals surface area contributed by atoms with Gasteiger partial charge in [-0.3, -0.25) is 0 Å². The number of rotatable bonds is 9. The average molecular weight is 237 g/mol. The van der Waals surface area contributed by atoms with Gasteiger partial charge in [0.25, 0.3) is 0 Å². The Kier molecular flexibility index (Phi) is 7.02. The third kappa shape index (κ3) is 4.95. The molecule has 1 aromatic heterocycles. The van der Waals surface area contributed by atoms with Gasteiger partial charge in [-0.15, -0.1) is 0 Å². The molecule has 2 heteroatoms. The summed E-state index contributed by atoms with van der Waals surface area (Å²) < 4.78 is 5.40. The lowest BCUT2D eigenvalue weighted by Gasteiger charge is -2.17. The highest BCUT2D eigenvalue weighted by atomic mass is 16.3. The van der Waals surface area contributed by atoms with Crippen LogP contribution in [0, 0.1) is 6.92 Å². The maximum Gasteiger partial charge on any atom is 0.105 e. The molecule has 0 aliphatic rings. The van der Waals surface area contributed by atoms with Crippen molar-refractivity contribution in [1.82, 2.24) is 5.32 Å². The van der Waals surface area contributed by atoms with Crippen molar-refractivity contribution in [2.75, 3.05) is 6.54 Å². The van der Waals surface area contributed by atoms with Crippen LogP contribution in [0.15, 0.2) is 16.7 Å². The van der Waals surface area contributed by atoms with Gasteiger partial charge in [-0.05, 0) is 26.0 Å². The smallest absolute Gasteiger partial charge is 0.105 e. The van der Waals surface area contributed by atoms with Crippen LogP contribution in [-0.2, 0) is 0 Å². The van der Waals surface area contributed by atoms with Gasteiger partial charge in [0, 0.05) is 11.6 Å². The van der Waals surface area contributed by atoms with Crippen molar-refractivity contribution in [3.8, 4) is 0 Å². The Morgan fingerprint density at radius 1 is 1.18 bits per heavy atom. The Balaban J connectivity index is 2.36. The quantitative estimate of drug-likeness (QED) is 0.635. The van der Waals surface area contributed by atoms with Gasteiger partial charge in [-0.1, -0.05) is 46.0 Å². The molecule has 1 N–H and O–H groups in total. The van der Waals surface area contributed by atoms with Gasteiger partial charge in [0.1, 0.15) is 5.76 Å². The van der Waals surface area contributed by atoms with Crippen LogP contribution >= 0.6 is 0 Å². The lowest BCUT2D eigenvalue weighted by atomic mass is 10.0. The molecular weight excluding hydrogens is 210 g/mol. The number of hydrogen-bond donors (Lipinski definition) is 1. The molecule has 0 aliphatic heterocycles. The molecule has 1 unspecified atom stereocenters. The SMILES string of the molecule is CCCCCCCC(NCC)c1ccoc1C. The van der Waals surface area contributed by atoms with E-state index in [0.29, 0.717) is 6.04 Å². The average Bonchev–Trinajstić information content (AvgIpc) is 2.74. The Morgan fingerprint density at radius 2 is 1.94 bits per heavy atom. The van der Waals surface area contributed by atoms with Crippen molar-refractivity contribution < 1.29 is 4.42 Å². The minimum Gasteiger partial charge on any atom is -0.469 e. The van der Waals surface area contributed by atoms with Crippen molar-refractivity contribution in [1.29, 1.82) is 0 Å². The lowest BCUT2D eigenvalue weighted by molar-refractivity contribution is 0.463. The molecule has 0 bridgehead atoms. The Bertz CT molecular complexity index is 293. The van der Waals surface area contributed by atoms with Crippen molar-refractivity contribution in [3.63, 3.8) is 0 Å². The molecule has 0 saturated heterocycles. The van der Waals surface area contributed by atoms with Crippen molar-refractivity contribution in [2.45, 2.75) is 65.3 Å². The molecule has 0 fully saturated rings. The zero-order valence-electron chi connectivity index (χ0n) is 11.6. The summed E-state index contributed by atoms with van der Waals surface area (Å²) >= 11 is 0. The lowest BCUT2D eigenvalue weighted by Crippen LogP contribution is -2.21. The van der Waals surface area contributed by atoms with Crippen LogP contribution in [0.1, 0.15) is 69.7 Å². The second kappa shape index (κ2) is 8.35. The largest absolute Gasteiger partial charge is 0.469 e. The van der Waals surface area contributed by atoms with Crippen LogP contribution in [0.25, 0.3) is 0 Å². The van der Waals surface area contributed by atoms with Gasteiger partial charge >= 0.3 is 0 Å². The summed E-state index contributed by atoms with van der Waals surface area (Å²) in [6.45, 7) is 7.50. The fourth-order valence-corrected chi connectivity index (χ4v) is 2.32. The summed E-state index contributed by atoms with van der Waals surface area (Å²) in [5, 5.41) is 3.56. The predicted octanol–water partition coefficient (Wildman–Crippen LogP) is 4.60. The molecule has 1 heterocycles. The number of hydrogen-bond acceptors (Lipinski definition) is 2. The van der Waals surface area contributed by atoms with E-state index < -0.39 is 0 Å². The maximum atomic E-state index is 5.40. The Hall–Kier alpha value is -0.760. The van der Waals surface area contributed by atoms with Crippen LogP contribution in [-0.4, -0.2) is 6.54 Å². The zero-order chi connectivity index (χ0) is 12.5. The molecule has 1 atom stereocenters. The van der Waals surface area contributed by atoms with Crippen LogP contribution in [0.5, 0.6) is 0 Å². The van der Waals surface area contributed by atoms with E-state index in [-0.39, 0.29) is 0 Å². The van der Waals surface area contributed by atoms with Crippen molar-refractivity contribution in [2.24, 2.45) is 0 Å². The van der Waals surface area contributed by atoms with E-state index in [1.165, 1.54) is 44.1 Å². The van der Waals surface area contributed by atoms with Crippen LogP contribution in [0.2, 0.25) is 0 Å². The number of aryl methyl sites for hydroxylation is 1. The first-order chi connectivity index (χ1) is 8.29. The second-order valence-corrected chi connectivity index (χ2v) is 4.75. The fourth-order valence-electron chi connectivity index (χ4n) is 2.32. The summed E-state index contributed by atoms with van der Waals surface area (Å²) in [5.41, 5.74) is 1.34. The normalized spacial score (nSPS) is 12.9. The van der Waals surface area contributed by atoms with E-state index >= 15 is 0 Å². The first-order valence-electron chi connectivity index (χ1n) is 7.07. The van der Waals surface area contributed by atoms with Gasteiger partial charge in [0.2, 0.25) is 0 Å². The molecule has 0 amide bonds. The van der Waals surface area contributed by atoms with Crippen LogP contribution in [0.3, 0.4) is 0 Å². The Labute approximate surface area is 106 Å². The van der Waals surface area contributed by atoms with Gasteiger partial charge in [0.05, 0.1) is 6.26 Å². The minimum atomic E-state index is 0.473. The monoisotopic (exact) mass is 237 g/mol. The molecule has 0 aliphatic carbocycles. The van der Waals surface area contributed by atoms with E-state index in [1.54, 1.807) is 6.26 Å². The fraction of sp³-hybridized carbons (Fsp3) is 0.733. The first-order valence-corrected chi connectivity index (χ1v) is 7.07. The molecule has 0 aromatic carbocycles. The summed E-state index contributed by atoms with van der Waals surface area (Å²) in [5.74, 6) is 1.06. The summed E-state index contributed by atoms with van der Waals surface area (Å²) in [6, 6.07) is 2.58. The van der Waals surface area contributed by atoms with E-state index in [0.717, 1.165) is 12.3 Å². The predicted molar refractivity (Wildman–Crippen MR) is 73.2 cm³/mol. The van der Waals surface area contributed by atoms with Gasteiger partial charge in [-0.2, -0.15) is 0 Å². The molecule has 1 aromatic rings. The maximum absolute atomic E-state index is 5.40. The highest BCUT2D eigenvalue weighted by molar-refractivity contribution is 5.20. The van der Waals surface area contributed by atoms with Crippen LogP contribution < -0.4 is 5.32 Å². The standard InChI is InChI=1S/C15H27NO/c1-4-6-7-8-9-10-15(16-5-2)14-11-12-17-13(14)3/h11-12,15-16H,4-10H2,1-3H3. The van der Waals surface area contributed by atoms with Crippen molar-refractivity contribution >= 4 is 0 Å². The van der Waals surface area contributed by atoms with Crippen LogP contribution in [0.4, 0.5) is 0 Å². The summed E-state index contributed by atoms with van der Waals surface area (Å²) in [6.07, 6.45) is 9.74. The summed E-state index contributed by atoms with van der Waals surface area (Å²) in [7, 11) is 0. The van der Waals surface area contributed by atoms with E-state index in [2.05, 4.69) is 32.2 Å². The third-order valence-corrected chi connectivity index (χ3v) is 3.32.